The van der Waals surface area contributed by atoms with Gasteiger partial charge in [-0.15, -0.1) is 0 Å². The van der Waals surface area contributed by atoms with Crippen molar-refractivity contribution in [2.24, 2.45) is 0 Å². The van der Waals surface area contributed by atoms with Crippen molar-refractivity contribution in [3.63, 3.8) is 0 Å². The van der Waals surface area contributed by atoms with Gasteiger partial charge in [0, 0.05) is 31.1 Å². The number of hydrogen-bond donors (Lipinski definition) is 2. The van der Waals surface area contributed by atoms with Gasteiger partial charge in [-0.05, 0) is 53.9 Å². The third kappa shape index (κ3) is 7.21. The zero-order valence-electron chi connectivity index (χ0n) is 18.6. The highest BCUT2D eigenvalue weighted by atomic mass is 16.5. The van der Waals surface area contributed by atoms with E-state index < -0.39 is 5.97 Å². The van der Waals surface area contributed by atoms with E-state index in [9.17, 15) is 14.4 Å². The maximum absolute atomic E-state index is 12.7. The van der Waals surface area contributed by atoms with Gasteiger partial charge in [-0.3, -0.25) is 14.4 Å². The number of carbonyl (C=O) groups is 3. The lowest BCUT2D eigenvalue weighted by molar-refractivity contribution is -0.131. The second-order valence-electron chi connectivity index (χ2n) is 7.36. The van der Waals surface area contributed by atoms with E-state index in [1.54, 1.807) is 37.4 Å². The van der Waals surface area contributed by atoms with Crippen LogP contribution in [-0.4, -0.2) is 24.9 Å². The predicted molar refractivity (Wildman–Crippen MR) is 125 cm³/mol. The molecule has 0 fully saturated rings. The quantitative estimate of drug-likeness (QED) is 0.381. The van der Waals surface area contributed by atoms with E-state index in [1.807, 2.05) is 36.4 Å². The van der Waals surface area contributed by atoms with E-state index in [0.717, 1.165) is 16.9 Å². The van der Waals surface area contributed by atoms with Crippen molar-refractivity contribution in [2.75, 3.05) is 12.4 Å². The average molecular weight is 447 g/mol. The molecular weight excluding hydrogens is 420 g/mol. The van der Waals surface area contributed by atoms with E-state index in [0.29, 0.717) is 29.8 Å². The van der Waals surface area contributed by atoms with Gasteiger partial charge in [-0.25, -0.2) is 0 Å². The third-order valence-corrected chi connectivity index (χ3v) is 4.87. The van der Waals surface area contributed by atoms with Crippen LogP contribution in [0.2, 0.25) is 0 Å². The minimum absolute atomic E-state index is 0.0898. The van der Waals surface area contributed by atoms with E-state index in [4.69, 9.17) is 9.47 Å². The fourth-order valence-electron chi connectivity index (χ4n) is 3.23. The van der Waals surface area contributed by atoms with Gasteiger partial charge in [0.05, 0.1) is 7.11 Å². The summed E-state index contributed by atoms with van der Waals surface area (Å²) in [5.74, 6) is 0.164. The van der Waals surface area contributed by atoms with Crippen LogP contribution in [-0.2, 0) is 22.6 Å². The summed E-state index contributed by atoms with van der Waals surface area (Å²) in [6.45, 7) is 1.58. The number of esters is 1. The number of carbonyl (C=O) groups excluding carboxylic acids is 3. The molecule has 0 aromatic heterocycles. The molecule has 7 heteroatoms. The normalized spacial score (nSPS) is 10.2. The molecule has 0 aliphatic heterocycles. The maximum atomic E-state index is 12.7. The topological polar surface area (TPSA) is 93.7 Å². The fourth-order valence-corrected chi connectivity index (χ4v) is 3.23. The summed E-state index contributed by atoms with van der Waals surface area (Å²) in [6, 6.07) is 21.3. The fraction of sp³-hybridized carbons (Fsp3) is 0.192. The van der Waals surface area contributed by atoms with E-state index >= 15 is 0 Å². The molecule has 3 rings (SSSR count). The number of ether oxygens (including phenoxy) is 2. The van der Waals surface area contributed by atoms with Crippen molar-refractivity contribution < 1.29 is 23.9 Å². The van der Waals surface area contributed by atoms with Crippen molar-refractivity contribution in [1.82, 2.24) is 5.32 Å². The Kier molecular flexibility index (Phi) is 8.18. The first-order chi connectivity index (χ1) is 15.9. The predicted octanol–water partition coefficient (Wildman–Crippen LogP) is 4.12. The SMILES string of the molecule is COc1cccc(CCC(=O)NCc2ccccc2NC(=O)c2cccc(OC(C)=O)c2)c1. The van der Waals surface area contributed by atoms with Crippen LogP contribution in [0, 0.1) is 0 Å². The Morgan fingerprint density at radius 3 is 2.42 bits per heavy atom. The van der Waals surface area contributed by atoms with Gasteiger partial charge in [-0.2, -0.15) is 0 Å². The van der Waals surface area contributed by atoms with Gasteiger partial charge in [0.15, 0.2) is 0 Å². The smallest absolute Gasteiger partial charge is 0.308 e. The van der Waals surface area contributed by atoms with Crippen LogP contribution >= 0.6 is 0 Å². The monoisotopic (exact) mass is 446 g/mol. The lowest BCUT2D eigenvalue weighted by Crippen LogP contribution is -2.24. The van der Waals surface area contributed by atoms with Crippen LogP contribution in [0.15, 0.2) is 72.8 Å². The van der Waals surface area contributed by atoms with Crippen molar-refractivity contribution in [1.29, 1.82) is 0 Å². The summed E-state index contributed by atoms with van der Waals surface area (Å²) in [6.07, 6.45) is 0.935. The number of benzene rings is 3. The molecule has 0 radical (unpaired) electrons. The first-order valence-electron chi connectivity index (χ1n) is 10.5. The van der Waals surface area contributed by atoms with Crippen LogP contribution in [0.5, 0.6) is 11.5 Å². The first kappa shape index (κ1) is 23.5. The highest BCUT2D eigenvalue weighted by molar-refractivity contribution is 6.05. The second-order valence-corrected chi connectivity index (χ2v) is 7.36. The molecule has 0 heterocycles. The molecular formula is C26H26N2O5. The van der Waals surface area contributed by atoms with Gasteiger partial charge in [0.2, 0.25) is 5.91 Å². The second kappa shape index (κ2) is 11.5. The molecule has 33 heavy (non-hydrogen) atoms. The van der Waals surface area contributed by atoms with Crippen molar-refractivity contribution in [3.05, 3.63) is 89.5 Å². The molecule has 0 saturated carbocycles. The van der Waals surface area contributed by atoms with Crippen LogP contribution in [0.1, 0.15) is 34.8 Å². The van der Waals surface area contributed by atoms with E-state index in [-0.39, 0.29) is 18.4 Å². The molecule has 2 amide bonds. The zero-order chi connectivity index (χ0) is 23.6. The van der Waals surface area contributed by atoms with Crippen LogP contribution in [0.4, 0.5) is 5.69 Å². The summed E-state index contributed by atoms with van der Waals surface area (Å²) in [4.78, 5) is 36.2. The molecule has 0 saturated heterocycles. The van der Waals surface area contributed by atoms with Crippen LogP contribution in [0.25, 0.3) is 0 Å². The standard InChI is InChI=1S/C26H26N2O5/c1-18(29)33-23-11-6-9-20(16-23)26(31)28-24-12-4-3-8-21(24)17-27-25(30)14-13-19-7-5-10-22(15-19)32-2/h3-12,15-16H,13-14,17H2,1-2H3,(H,27,30)(H,28,31). The third-order valence-electron chi connectivity index (χ3n) is 4.87. The summed E-state index contributed by atoms with van der Waals surface area (Å²) in [5.41, 5.74) is 2.74. The summed E-state index contributed by atoms with van der Waals surface area (Å²) in [5, 5.41) is 5.76. The first-order valence-corrected chi connectivity index (χ1v) is 10.5. The van der Waals surface area contributed by atoms with Crippen molar-refractivity contribution >= 4 is 23.5 Å². The Morgan fingerprint density at radius 1 is 0.879 bits per heavy atom. The van der Waals surface area contributed by atoms with Crippen molar-refractivity contribution in [3.8, 4) is 11.5 Å². The Labute approximate surface area is 192 Å². The van der Waals surface area contributed by atoms with Gasteiger partial charge in [-0.1, -0.05) is 36.4 Å². The van der Waals surface area contributed by atoms with E-state index in [1.165, 1.54) is 13.0 Å². The molecule has 3 aromatic rings. The molecule has 7 nitrogen and oxygen atoms in total. The number of rotatable bonds is 9. The lowest BCUT2D eigenvalue weighted by atomic mass is 10.1. The van der Waals surface area contributed by atoms with Gasteiger partial charge in [0.25, 0.3) is 5.91 Å². The molecule has 0 atom stereocenters. The molecule has 2 N–H and O–H groups in total. The minimum Gasteiger partial charge on any atom is -0.497 e. The summed E-state index contributed by atoms with van der Waals surface area (Å²) < 4.78 is 10.2. The highest BCUT2D eigenvalue weighted by Gasteiger charge is 2.11. The molecule has 3 aromatic carbocycles. The van der Waals surface area contributed by atoms with Crippen LogP contribution < -0.4 is 20.1 Å². The van der Waals surface area contributed by atoms with Gasteiger partial charge < -0.3 is 20.1 Å². The lowest BCUT2D eigenvalue weighted by Gasteiger charge is -2.13. The van der Waals surface area contributed by atoms with Crippen LogP contribution in [0.3, 0.4) is 0 Å². The molecule has 0 unspecified atom stereocenters. The zero-order valence-corrected chi connectivity index (χ0v) is 18.6. The maximum Gasteiger partial charge on any atom is 0.308 e. The molecule has 0 spiro atoms. The number of methoxy groups -OCH3 is 1. The number of amides is 2. The number of hydrogen-bond acceptors (Lipinski definition) is 5. The largest absolute Gasteiger partial charge is 0.497 e. The molecule has 0 aliphatic rings. The Morgan fingerprint density at radius 2 is 1.64 bits per heavy atom. The minimum atomic E-state index is -0.458. The number of nitrogens with one attached hydrogen (secondary N) is 2. The number of para-hydroxylation sites is 1. The van der Waals surface area contributed by atoms with E-state index in [2.05, 4.69) is 10.6 Å². The number of aryl methyl sites for hydroxylation is 1. The molecule has 0 aliphatic carbocycles. The molecule has 0 bridgehead atoms. The Balaban J connectivity index is 1.58. The molecule has 170 valence electrons. The Bertz CT molecular complexity index is 1140. The average Bonchev–Trinajstić information content (AvgIpc) is 2.82. The van der Waals surface area contributed by atoms with Gasteiger partial charge in [0.1, 0.15) is 11.5 Å². The summed E-state index contributed by atoms with van der Waals surface area (Å²) in [7, 11) is 1.61. The number of anilines is 1. The summed E-state index contributed by atoms with van der Waals surface area (Å²) >= 11 is 0. The van der Waals surface area contributed by atoms with Gasteiger partial charge >= 0.3 is 5.97 Å². The van der Waals surface area contributed by atoms with Crippen molar-refractivity contribution in [2.45, 2.75) is 26.3 Å². The Hall–Kier alpha value is -4.13. The highest BCUT2D eigenvalue weighted by Crippen LogP contribution is 2.19.